The first-order chi connectivity index (χ1) is 12.2. The van der Waals surface area contributed by atoms with Gasteiger partial charge in [0, 0.05) is 31.0 Å². The monoisotopic (exact) mass is 331 g/mol. The van der Waals surface area contributed by atoms with Crippen molar-refractivity contribution in [2.75, 3.05) is 13.1 Å². The Bertz CT molecular complexity index is 937. The molecule has 0 saturated carbocycles. The van der Waals surface area contributed by atoms with Crippen molar-refractivity contribution < 1.29 is 4.79 Å². The normalized spacial score (nSPS) is 14.6. The minimum atomic E-state index is 0.191. The van der Waals surface area contributed by atoms with Crippen LogP contribution in [0.3, 0.4) is 0 Å². The number of aromatic nitrogens is 2. The largest absolute Gasteiger partial charge is 0.359 e. The Balaban J connectivity index is 1.46. The molecular weight excluding hydrogens is 310 g/mol. The van der Waals surface area contributed by atoms with Gasteiger partial charge in [-0.3, -0.25) is 9.78 Å². The van der Waals surface area contributed by atoms with Crippen molar-refractivity contribution in [3.05, 3.63) is 71.6 Å². The third kappa shape index (κ3) is 3.20. The Morgan fingerprint density at radius 2 is 2.08 bits per heavy atom. The zero-order valence-electron chi connectivity index (χ0n) is 14.3. The summed E-state index contributed by atoms with van der Waals surface area (Å²) in [5.74, 6) is 0.191. The molecule has 0 atom stereocenters. The van der Waals surface area contributed by atoms with Crippen molar-refractivity contribution in [2.45, 2.75) is 19.8 Å². The van der Waals surface area contributed by atoms with Crippen LogP contribution in [-0.4, -0.2) is 33.9 Å². The van der Waals surface area contributed by atoms with Gasteiger partial charge in [0.25, 0.3) is 0 Å². The summed E-state index contributed by atoms with van der Waals surface area (Å²) >= 11 is 0. The van der Waals surface area contributed by atoms with Gasteiger partial charge in [-0.2, -0.15) is 0 Å². The maximum absolute atomic E-state index is 12.5. The molecule has 4 heteroatoms. The predicted molar refractivity (Wildman–Crippen MR) is 100 cm³/mol. The SMILES string of the molecule is Cc1ccc(CC(=O)N2CC=C(c3c[nH]c4cccnc34)CC2)cc1. The van der Waals surface area contributed by atoms with Crippen LogP contribution >= 0.6 is 0 Å². The highest BCUT2D eigenvalue weighted by molar-refractivity contribution is 5.90. The van der Waals surface area contributed by atoms with Crippen LogP contribution in [0, 0.1) is 6.92 Å². The van der Waals surface area contributed by atoms with Crippen molar-refractivity contribution in [2.24, 2.45) is 0 Å². The summed E-state index contributed by atoms with van der Waals surface area (Å²) in [7, 11) is 0. The summed E-state index contributed by atoms with van der Waals surface area (Å²) in [6, 6.07) is 12.2. The fourth-order valence-electron chi connectivity index (χ4n) is 3.33. The lowest BCUT2D eigenvalue weighted by Gasteiger charge is -2.26. The van der Waals surface area contributed by atoms with Crippen molar-refractivity contribution in [3.8, 4) is 0 Å². The molecule has 3 aromatic rings. The summed E-state index contributed by atoms with van der Waals surface area (Å²) in [6.07, 6.45) is 7.34. The summed E-state index contributed by atoms with van der Waals surface area (Å²) in [6.45, 7) is 3.48. The van der Waals surface area contributed by atoms with E-state index in [-0.39, 0.29) is 5.91 Å². The molecule has 0 aliphatic carbocycles. The fourth-order valence-corrected chi connectivity index (χ4v) is 3.33. The van der Waals surface area contributed by atoms with Gasteiger partial charge in [0.1, 0.15) is 0 Å². The number of aryl methyl sites for hydroxylation is 1. The quantitative estimate of drug-likeness (QED) is 0.795. The number of fused-ring (bicyclic) bond motifs is 1. The van der Waals surface area contributed by atoms with Crippen LogP contribution in [-0.2, 0) is 11.2 Å². The number of nitrogens with zero attached hydrogens (tertiary/aromatic N) is 2. The van der Waals surface area contributed by atoms with Crippen LogP contribution in [0.4, 0.5) is 0 Å². The predicted octanol–water partition coefficient (Wildman–Crippen LogP) is 3.73. The molecule has 4 rings (SSSR count). The second kappa shape index (κ2) is 6.55. The standard InChI is InChI=1S/C21H21N3O/c1-15-4-6-16(7-5-15)13-20(25)24-11-8-17(9-12-24)18-14-23-19-3-2-10-22-21(18)19/h2-8,10,14,23H,9,11-13H2,1H3. The van der Waals surface area contributed by atoms with E-state index in [1.807, 2.05) is 41.6 Å². The molecule has 0 bridgehead atoms. The zero-order valence-corrected chi connectivity index (χ0v) is 14.3. The fraction of sp³-hybridized carbons (Fsp3) is 0.238. The number of hydrogen-bond donors (Lipinski definition) is 1. The van der Waals surface area contributed by atoms with E-state index in [9.17, 15) is 4.79 Å². The van der Waals surface area contributed by atoms with Gasteiger partial charge in [-0.05, 0) is 36.6 Å². The lowest BCUT2D eigenvalue weighted by atomic mass is 10.0. The number of carbonyl (C=O) groups is 1. The van der Waals surface area contributed by atoms with Crippen molar-refractivity contribution in [3.63, 3.8) is 0 Å². The number of pyridine rings is 1. The Morgan fingerprint density at radius 1 is 1.24 bits per heavy atom. The van der Waals surface area contributed by atoms with Gasteiger partial charge in [0.15, 0.2) is 0 Å². The Labute approximate surface area is 147 Å². The topological polar surface area (TPSA) is 49.0 Å². The van der Waals surface area contributed by atoms with Crippen LogP contribution in [0.1, 0.15) is 23.1 Å². The molecular formula is C21H21N3O. The number of benzene rings is 1. The minimum Gasteiger partial charge on any atom is -0.359 e. The van der Waals surface area contributed by atoms with Gasteiger partial charge in [-0.25, -0.2) is 0 Å². The van der Waals surface area contributed by atoms with E-state index in [0.29, 0.717) is 13.0 Å². The summed E-state index contributed by atoms with van der Waals surface area (Å²) in [5, 5.41) is 0. The first-order valence-electron chi connectivity index (χ1n) is 8.65. The number of rotatable bonds is 3. The molecule has 0 radical (unpaired) electrons. The number of H-pyrrole nitrogens is 1. The van der Waals surface area contributed by atoms with Crippen molar-refractivity contribution in [1.29, 1.82) is 0 Å². The maximum atomic E-state index is 12.5. The maximum Gasteiger partial charge on any atom is 0.227 e. The van der Waals surface area contributed by atoms with Crippen LogP contribution in [0.15, 0.2) is 54.9 Å². The molecule has 0 fully saturated rings. The summed E-state index contributed by atoms with van der Waals surface area (Å²) in [4.78, 5) is 22.2. The molecule has 0 saturated heterocycles. The van der Waals surface area contributed by atoms with Crippen molar-refractivity contribution >= 4 is 22.5 Å². The molecule has 0 spiro atoms. The third-order valence-electron chi connectivity index (χ3n) is 4.82. The van der Waals surface area contributed by atoms with E-state index < -0.39 is 0 Å². The van der Waals surface area contributed by atoms with E-state index in [4.69, 9.17) is 0 Å². The zero-order chi connectivity index (χ0) is 17.2. The Morgan fingerprint density at radius 3 is 2.84 bits per heavy atom. The second-order valence-corrected chi connectivity index (χ2v) is 6.58. The van der Waals surface area contributed by atoms with E-state index in [1.165, 1.54) is 11.1 Å². The molecule has 1 amide bonds. The van der Waals surface area contributed by atoms with E-state index in [0.717, 1.165) is 35.1 Å². The Kier molecular flexibility index (Phi) is 4.10. The number of carbonyl (C=O) groups excluding carboxylic acids is 1. The summed E-state index contributed by atoms with van der Waals surface area (Å²) < 4.78 is 0. The van der Waals surface area contributed by atoms with E-state index in [1.54, 1.807) is 0 Å². The molecule has 0 unspecified atom stereocenters. The molecule has 25 heavy (non-hydrogen) atoms. The van der Waals surface area contributed by atoms with Crippen LogP contribution < -0.4 is 0 Å². The third-order valence-corrected chi connectivity index (χ3v) is 4.82. The highest BCUT2D eigenvalue weighted by Gasteiger charge is 2.19. The number of aromatic amines is 1. The molecule has 126 valence electrons. The molecule has 2 aromatic heterocycles. The van der Waals surface area contributed by atoms with E-state index in [2.05, 4.69) is 35.1 Å². The van der Waals surface area contributed by atoms with Crippen LogP contribution in [0.2, 0.25) is 0 Å². The average molecular weight is 331 g/mol. The van der Waals surface area contributed by atoms with E-state index >= 15 is 0 Å². The number of nitrogens with one attached hydrogen (secondary N) is 1. The molecule has 1 aliphatic rings. The van der Waals surface area contributed by atoms with Gasteiger partial charge >= 0.3 is 0 Å². The van der Waals surface area contributed by atoms with Gasteiger partial charge in [0.2, 0.25) is 5.91 Å². The Hall–Kier alpha value is -2.88. The van der Waals surface area contributed by atoms with Crippen molar-refractivity contribution in [1.82, 2.24) is 14.9 Å². The minimum absolute atomic E-state index is 0.191. The smallest absolute Gasteiger partial charge is 0.227 e. The van der Waals surface area contributed by atoms with Gasteiger partial charge in [0.05, 0.1) is 17.5 Å². The molecule has 1 aromatic carbocycles. The first-order valence-corrected chi connectivity index (χ1v) is 8.65. The van der Waals surface area contributed by atoms with Crippen LogP contribution in [0.5, 0.6) is 0 Å². The first kappa shape index (κ1) is 15.6. The number of hydrogen-bond acceptors (Lipinski definition) is 2. The average Bonchev–Trinajstić information content (AvgIpc) is 3.08. The molecule has 1 N–H and O–H groups in total. The summed E-state index contributed by atoms with van der Waals surface area (Å²) in [5.41, 5.74) is 6.77. The highest BCUT2D eigenvalue weighted by Crippen LogP contribution is 2.28. The lowest BCUT2D eigenvalue weighted by Crippen LogP contribution is -2.35. The van der Waals surface area contributed by atoms with Crippen LogP contribution in [0.25, 0.3) is 16.6 Å². The molecule has 3 heterocycles. The number of amides is 1. The van der Waals surface area contributed by atoms with Gasteiger partial charge in [-0.1, -0.05) is 35.9 Å². The van der Waals surface area contributed by atoms with Gasteiger partial charge in [-0.15, -0.1) is 0 Å². The second-order valence-electron chi connectivity index (χ2n) is 6.58. The van der Waals surface area contributed by atoms with Gasteiger partial charge < -0.3 is 9.88 Å². The molecule has 4 nitrogen and oxygen atoms in total. The molecule has 1 aliphatic heterocycles. The highest BCUT2D eigenvalue weighted by atomic mass is 16.2. The lowest BCUT2D eigenvalue weighted by molar-refractivity contribution is -0.130.